The first-order valence-electron chi connectivity index (χ1n) is 6.27. The number of aryl methyl sites for hydroxylation is 1. The molecule has 0 bridgehead atoms. The van der Waals surface area contributed by atoms with Crippen molar-refractivity contribution in [3.8, 4) is 5.69 Å². The highest BCUT2D eigenvalue weighted by atomic mass is 16.1. The number of nitrogens with zero attached hydrogens (tertiary/aromatic N) is 2. The van der Waals surface area contributed by atoms with Crippen LogP contribution in [-0.2, 0) is 13.0 Å². The van der Waals surface area contributed by atoms with Crippen molar-refractivity contribution in [1.29, 1.82) is 0 Å². The smallest absolute Gasteiger partial charge is 0.294 e. The van der Waals surface area contributed by atoms with Crippen LogP contribution in [-0.4, -0.2) is 9.36 Å². The Kier molecular flexibility index (Phi) is 3.28. The molecule has 0 saturated heterocycles. The van der Waals surface area contributed by atoms with Gasteiger partial charge in [-0.15, -0.1) is 0 Å². The number of aromatic nitrogens is 2. The third kappa shape index (κ3) is 1.74. The molecule has 1 aromatic carbocycles. The molecule has 4 nitrogen and oxygen atoms in total. The topological polar surface area (TPSA) is 53.0 Å². The van der Waals surface area contributed by atoms with Crippen LogP contribution in [0.15, 0.2) is 29.1 Å². The lowest BCUT2D eigenvalue weighted by atomic mass is 10.2. The van der Waals surface area contributed by atoms with E-state index in [1.54, 1.807) is 4.68 Å². The summed E-state index contributed by atoms with van der Waals surface area (Å²) < 4.78 is 3.64. The van der Waals surface area contributed by atoms with Gasteiger partial charge in [-0.05, 0) is 31.9 Å². The fourth-order valence-electron chi connectivity index (χ4n) is 2.35. The average Bonchev–Trinajstić information content (AvgIpc) is 2.62. The molecule has 0 unspecified atom stereocenters. The molecular formula is C14H19N3O. The molecule has 96 valence electrons. The average molecular weight is 245 g/mol. The molecule has 0 aliphatic carbocycles. The summed E-state index contributed by atoms with van der Waals surface area (Å²) in [6.45, 7) is 6.76. The van der Waals surface area contributed by atoms with Crippen LogP contribution in [0.1, 0.15) is 25.1 Å². The van der Waals surface area contributed by atoms with E-state index in [-0.39, 0.29) is 5.56 Å². The molecule has 2 aromatic rings. The number of para-hydroxylation sites is 1. The predicted molar refractivity (Wildman–Crippen MR) is 74.2 cm³/mol. The molecule has 18 heavy (non-hydrogen) atoms. The minimum absolute atomic E-state index is 0.122. The maximum Gasteiger partial charge on any atom is 0.294 e. The molecule has 1 heterocycles. The van der Waals surface area contributed by atoms with Crippen LogP contribution in [0.25, 0.3) is 5.69 Å². The van der Waals surface area contributed by atoms with Gasteiger partial charge in [0.15, 0.2) is 0 Å². The van der Waals surface area contributed by atoms with Crippen LogP contribution in [0.3, 0.4) is 0 Å². The van der Waals surface area contributed by atoms with Gasteiger partial charge in [-0.2, -0.15) is 0 Å². The van der Waals surface area contributed by atoms with Crippen molar-refractivity contribution >= 4 is 5.69 Å². The van der Waals surface area contributed by atoms with E-state index in [1.165, 1.54) is 0 Å². The van der Waals surface area contributed by atoms with E-state index in [1.807, 2.05) is 49.7 Å². The van der Waals surface area contributed by atoms with Crippen LogP contribution in [0.4, 0.5) is 5.69 Å². The van der Waals surface area contributed by atoms with Crippen molar-refractivity contribution in [2.75, 3.05) is 5.73 Å². The zero-order valence-electron chi connectivity index (χ0n) is 11.1. The molecule has 2 N–H and O–H groups in total. The second-order valence-corrected chi connectivity index (χ2v) is 4.33. The fraction of sp³-hybridized carbons (Fsp3) is 0.357. The van der Waals surface area contributed by atoms with E-state index in [0.29, 0.717) is 5.69 Å². The van der Waals surface area contributed by atoms with Gasteiger partial charge in [-0.1, -0.05) is 25.1 Å². The van der Waals surface area contributed by atoms with E-state index in [2.05, 4.69) is 0 Å². The van der Waals surface area contributed by atoms with Crippen LogP contribution in [0.2, 0.25) is 0 Å². The molecule has 0 radical (unpaired) electrons. The summed E-state index contributed by atoms with van der Waals surface area (Å²) in [5.41, 5.74) is 9.04. The van der Waals surface area contributed by atoms with Gasteiger partial charge in [0, 0.05) is 6.54 Å². The van der Waals surface area contributed by atoms with Crippen molar-refractivity contribution in [2.45, 2.75) is 33.7 Å². The van der Waals surface area contributed by atoms with Crippen molar-refractivity contribution in [3.63, 3.8) is 0 Å². The second-order valence-electron chi connectivity index (χ2n) is 4.33. The van der Waals surface area contributed by atoms with Crippen LogP contribution < -0.4 is 11.3 Å². The molecule has 0 spiro atoms. The number of nitrogens with two attached hydrogens (primary N) is 1. The standard InChI is InChI=1S/C14H19N3O/c1-4-11-13(15)14(18)17(16(11)5-2)12-9-7-6-8-10(12)3/h6-9H,4-5,15H2,1-3H3. The fourth-order valence-corrected chi connectivity index (χ4v) is 2.35. The Balaban J connectivity index is 2.80. The summed E-state index contributed by atoms with van der Waals surface area (Å²) in [5, 5.41) is 0. The Morgan fingerprint density at radius 3 is 2.44 bits per heavy atom. The second kappa shape index (κ2) is 4.72. The Morgan fingerprint density at radius 2 is 1.89 bits per heavy atom. The Bertz CT molecular complexity index is 622. The van der Waals surface area contributed by atoms with Gasteiger partial charge in [-0.3, -0.25) is 9.48 Å². The van der Waals surface area contributed by atoms with Gasteiger partial charge >= 0.3 is 0 Å². The summed E-state index contributed by atoms with van der Waals surface area (Å²) in [6.07, 6.45) is 0.758. The first-order valence-corrected chi connectivity index (χ1v) is 6.27. The van der Waals surface area contributed by atoms with Crippen LogP contribution in [0, 0.1) is 6.92 Å². The summed E-state index contributed by atoms with van der Waals surface area (Å²) in [4.78, 5) is 12.3. The lowest BCUT2D eigenvalue weighted by Gasteiger charge is -2.13. The lowest BCUT2D eigenvalue weighted by molar-refractivity contribution is 0.549. The molecule has 2 rings (SSSR count). The van der Waals surface area contributed by atoms with Gasteiger partial charge in [0.25, 0.3) is 5.56 Å². The molecule has 1 aromatic heterocycles. The maximum absolute atomic E-state index is 12.3. The first kappa shape index (κ1) is 12.5. The third-order valence-corrected chi connectivity index (χ3v) is 3.26. The molecule has 0 saturated carbocycles. The molecule has 0 amide bonds. The van der Waals surface area contributed by atoms with E-state index in [4.69, 9.17) is 5.73 Å². The summed E-state index contributed by atoms with van der Waals surface area (Å²) >= 11 is 0. The Morgan fingerprint density at radius 1 is 1.22 bits per heavy atom. The molecule has 4 heteroatoms. The molecule has 0 aliphatic heterocycles. The van der Waals surface area contributed by atoms with Gasteiger partial charge in [0.05, 0.1) is 11.4 Å². The van der Waals surface area contributed by atoms with Crippen molar-refractivity contribution < 1.29 is 0 Å². The van der Waals surface area contributed by atoms with E-state index >= 15 is 0 Å². The SMILES string of the molecule is CCc1c(N)c(=O)n(-c2ccccc2C)n1CC. The van der Waals surface area contributed by atoms with Crippen LogP contribution in [0.5, 0.6) is 0 Å². The number of anilines is 1. The van der Waals surface area contributed by atoms with E-state index in [0.717, 1.165) is 29.9 Å². The zero-order chi connectivity index (χ0) is 13.3. The van der Waals surface area contributed by atoms with Crippen molar-refractivity contribution in [2.24, 2.45) is 0 Å². The molecule has 0 aliphatic rings. The molecular weight excluding hydrogens is 226 g/mol. The zero-order valence-corrected chi connectivity index (χ0v) is 11.1. The number of rotatable bonds is 3. The minimum atomic E-state index is -0.122. The van der Waals surface area contributed by atoms with E-state index < -0.39 is 0 Å². The summed E-state index contributed by atoms with van der Waals surface area (Å²) in [5.74, 6) is 0. The quantitative estimate of drug-likeness (QED) is 0.900. The van der Waals surface area contributed by atoms with Gasteiger partial charge in [0.2, 0.25) is 0 Å². The minimum Gasteiger partial charge on any atom is -0.393 e. The lowest BCUT2D eigenvalue weighted by Crippen LogP contribution is -2.22. The van der Waals surface area contributed by atoms with Crippen molar-refractivity contribution in [1.82, 2.24) is 9.36 Å². The highest BCUT2D eigenvalue weighted by Crippen LogP contribution is 2.17. The van der Waals surface area contributed by atoms with E-state index in [9.17, 15) is 4.79 Å². The number of hydrogen-bond donors (Lipinski definition) is 1. The van der Waals surface area contributed by atoms with Gasteiger partial charge < -0.3 is 5.73 Å². The largest absolute Gasteiger partial charge is 0.393 e. The number of hydrogen-bond acceptors (Lipinski definition) is 2. The summed E-state index contributed by atoms with van der Waals surface area (Å²) in [6, 6.07) is 7.84. The maximum atomic E-state index is 12.3. The normalized spacial score (nSPS) is 10.8. The third-order valence-electron chi connectivity index (χ3n) is 3.26. The van der Waals surface area contributed by atoms with Crippen molar-refractivity contribution in [3.05, 3.63) is 45.9 Å². The molecule has 0 fully saturated rings. The summed E-state index contributed by atoms with van der Waals surface area (Å²) in [7, 11) is 0. The highest BCUT2D eigenvalue weighted by molar-refractivity contribution is 5.47. The van der Waals surface area contributed by atoms with Gasteiger partial charge in [-0.25, -0.2) is 4.68 Å². The highest BCUT2D eigenvalue weighted by Gasteiger charge is 2.17. The number of benzene rings is 1. The number of nitrogen functional groups attached to an aromatic ring is 1. The Labute approximate surface area is 107 Å². The monoisotopic (exact) mass is 245 g/mol. The van der Waals surface area contributed by atoms with Gasteiger partial charge in [0.1, 0.15) is 5.69 Å². The molecule has 0 atom stereocenters. The van der Waals surface area contributed by atoms with Crippen LogP contribution >= 0.6 is 0 Å². The Hall–Kier alpha value is -1.97. The first-order chi connectivity index (χ1) is 8.61. The predicted octanol–water partition coefficient (Wildman–Crippen LogP) is 2.11.